The molecule has 1 aromatic rings. The van der Waals surface area contributed by atoms with Gasteiger partial charge in [-0.05, 0) is 36.8 Å². The van der Waals surface area contributed by atoms with E-state index in [4.69, 9.17) is 4.74 Å². The van der Waals surface area contributed by atoms with Crippen molar-refractivity contribution in [3.63, 3.8) is 0 Å². The van der Waals surface area contributed by atoms with Crippen molar-refractivity contribution in [3.05, 3.63) is 29.8 Å². The molecule has 1 aliphatic rings. The third-order valence-corrected chi connectivity index (χ3v) is 3.36. The second kappa shape index (κ2) is 7.02. The summed E-state index contributed by atoms with van der Waals surface area (Å²) in [5.41, 5.74) is 1.22. The molecule has 0 atom stereocenters. The fraction of sp³-hybridized carbons (Fsp3) is 0.533. The number of rotatable bonds is 6. The predicted molar refractivity (Wildman–Crippen MR) is 78.8 cm³/mol. The molecule has 0 saturated heterocycles. The fourth-order valence-electron chi connectivity index (χ4n) is 2.01. The number of guanidine groups is 1. The molecule has 0 aliphatic heterocycles. The molecule has 1 aliphatic carbocycles. The van der Waals surface area contributed by atoms with Crippen molar-refractivity contribution >= 4 is 5.96 Å². The molecule has 4 heteroatoms. The van der Waals surface area contributed by atoms with E-state index in [9.17, 15) is 0 Å². The molecule has 19 heavy (non-hydrogen) atoms. The van der Waals surface area contributed by atoms with Gasteiger partial charge in [0.1, 0.15) is 5.75 Å². The number of aliphatic imine (C=N–C) groups is 1. The smallest absolute Gasteiger partial charge is 0.190 e. The number of nitrogens with one attached hydrogen (secondary N) is 2. The zero-order valence-electron chi connectivity index (χ0n) is 11.8. The number of hydrogen-bond acceptors (Lipinski definition) is 2. The molecule has 0 radical (unpaired) electrons. The van der Waals surface area contributed by atoms with E-state index in [1.807, 2.05) is 25.2 Å². The molecule has 0 spiro atoms. The molecular formula is C15H23N3O. The quantitative estimate of drug-likeness (QED) is 0.606. The van der Waals surface area contributed by atoms with Gasteiger partial charge in [-0.25, -0.2) is 0 Å². The number of para-hydroxylation sites is 1. The fourth-order valence-corrected chi connectivity index (χ4v) is 2.01. The van der Waals surface area contributed by atoms with Crippen LogP contribution < -0.4 is 15.4 Å². The summed E-state index contributed by atoms with van der Waals surface area (Å²) >= 11 is 0. The van der Waals surface area contributed by atoms with Gasteiger partial charge in [-0.1, -0.05) is 18.2 Å². The molecule has 0 bridgehead atoms. The van der Waals surface area contributed by atoms with Crippen LogP contribution in [0.15, 0.2) is 29.3 Å². The van der Waals surface area contributed by atoms with Crippen molar-refractivity contribution in [2.45, 2.75) is 19.3 Å². The largest absolute Gasteiger partial charge is 0.496 e. The van der Waals surface area contributed by atoms with E-state index in [1.54, 1.807) is 7.11 Å². The maximum absolute atomic E-state index is 5.34. The Morgan fingerprint density at radius 2 is 2.11 bits per heavy atom. The molecule has 0 unspecified atom stereocenters. The first-order chi connectivity index (χ1) is 9.33. The highest BCUT2D eigenvalue weighted by atomic mass is 16.5. The number of methoxy groups -OCH3 is 1. The Hall–Kier alpha value is -1.71. The van der Waals surface area contributed by atoms with Gasteiger partial charge in [-0.3, -0.25) is 4.99 Å². The predicted octanol–water partition coefficient (Wildman–Crippen LogP) is 1.81. The first-order valence-corrected chi connectivity index (χ1v) is 6.90. The number of benzene rings is 1. The third-order valence-electron chi connectivity index (χ3n) is 3.36. The van der Waals surface area contributed by atoms with E-state index < -0.39 is 0 Å². The van der Waals surface area contributed by atoms with Gasteiger partial charge in [-0.2, -0.15) is 0 Å². The molecule has 104 valence electrons. The Morgan fingerprint density at radius 3 is 2.79 bits per heavy atom. The van der Waals surface area contributed by atoms with Crippen LogP contribution in [0.3, 0.4) is 0 Å². The highest BCUT2D eigenvalue weighted by Gasteiger charge is 2.20. The van der Waals surface area contributed by atoms with Gasteiger partial charge in [0.05, 0.1) is 7.11 Å². The first-order valence-electron chi connectivity index (χ1n) is 6.90. The lowest BCUT2D eigenvalue weighted by Crippen LogP contribution is -2.39. The topological polar surface area (TPSA) is 45.7 Å². The lowest BCUT2D eigenvalue weighted by atomic mass is 10.1. The Morgan fingerprint density at radius 1 is 1.32 bits per heavy atom. The van der Waals surface area contributed by atoms with Crippen LogP contribution in [-0.2, 0) is 6.42 Å². The summed E-state index contributed by atoms with van der Waals surface area (Å²) in [4.78, 5) is 4.22. The molecule has 2 rings (SSSR count). The summed E-state index contributed by atoms with van der Waals surface area (Å²) in [6.45, 7) is 1.89. The molecule has 0 aromatic heterocycles. The van der Waals surface area contributed by atoms with Crippen LogP contribution >= 0.6 is 0 Å². The van der Waals surface area contributed by atoms with E-state index in [1.165, 1.54) is 18.4 Å². The summed E-state index contributed by atoms with van der Waals surface area (Å²) in [6, 6.07) is 8.13. The molecule has 4 nitrogen and oxygen atoms in total. The van der Waals surface area contributed by atoms with Crippen LogP contribution in [0.25, 0.3) is 0 Å². The zero-order valence-corrected chi connectivity index (χ0v) is 11.8. The minimum absolute atomic E-state index is 0.852. The van der Waals surface area contributed by atoms with Crippen LogP contribution in [0, 0.1) is 5.92 Å². The van der Waals surface area contributed by atoms with Crippen LogP contribution in [-0.4, -0.2) is 33.2 Å². The van der Waals surface area contributed by atoms with Gasteiger partial charge in [0.25, 0.3) is 0 Å². The Bertz CT molecular complexity index is 427. The van der Waals surface area contributed by atoms with Crippen molar-refractivity contribution in [2.75, 3.05) is 27.2 Å². The van der Waals surface area contributed by atoms with Gasteiger partial charge >= 0.3 is 0 Å². The lowest BCUT2D eigenvalue weighted by Gasteiger charge is -2.12. The average molecular weight is 261 g/mol. The van der Waals surface area contributed by atoms with Gasteiger partial charge in [0, 0.05) is 20.1 Å². The summed E-state index contributed by atoms with van der Waals surface area (Å²) in [5.74, 6) is 2.69. The van der Waals surface area contributed by atoms with Gasteiger partial charge in [-0.15, -0.1) is 0 Å². The molecule has 1 saturated carbocycles. The van der Waals surface area contributed by atoms with E-state index in [0.717, 1.165) is 37.1 Å². The maximum atomic E-state index is 5.34. The number of nitrogens with zero attached hydrogens (tertiary/aromatic N) is 1. The molecule has 2 N–H and O–H groups in total. The minimum Gasteiger partial charge on any atom is -0.496 e. The molecule has 0 amide bonds. The summed E-state index contributed by atoms with van der Waals surface area (Å²) < 4.78 is 5.34. The van der Waals surface area contributed by atoms with Crippen LogP contribution in [0.1, 0.15) is 18.4 Å². The average Bonchev–Trinajstić information content (AvgIpc) is 3.27. The van der Waals surface area contributed by atoms with E-state index in [0.29, 0.717) is 0 Å². The maximum Gasteiger partial charge on any atom is 0.190 e. The van der Waals surface area contributed by atoms with Crippen molar-refractivity contribution in [1.29, 1.82) is 0 Å². The highest BCUT2D eigenvalue weighted by Crippen LogP contribution is 2.27. The van der Waals surface area contributed by atoms with Gasteiger partial charge in [0.2, 0.25) is 0 Å². The normalized spacial score (nSPS) is 15.2. The molecular weight excluding hydrogens is 238 g/mol. The van der Waals surface area contributed by atoms with Crippen LogP contribution in [0.5, 0.6) is 5.75 Å². The van der Waals surface area contributed by atoms with Crippen molar-refractivity contribution in [3.8, 4) is 5.75 Å². The molecule has 1 aromatic carbocycles. The van der Waals surface area contributed by atoms with E-state index in [2.05, 4.69) is 21.7 Å². The number of hydrogen-bond donors (Lipinski definition) is 2. The van der Waals surface area contributed by atoms with Crippen molar-refractivity contribution in [2.24, 2.45) is 10.9 Å². The van der Waals surface area contributed by atoms with E-state index in [-0.39, 0.29) is 0 Å². The Labute approximate surface area is 115 Å². The third kappa shape index (κ3) is 4.47. The van der Waals surface area contributed by atoms with Crippen molar-refractivity contribution < 1.29 is 4.74 Å². The first kappa shape index (κ1) is 13.7. The molecule has 1 fully saturated rings. The second-order valence-corrected chi connectivity index (χ2v) is 4.89. The Balaban J connectivity index is 1.74. The zero-order chi connectivity index (χ0) is 13.5. The molecule has 0 heterocycles. The summed E-state index contributed by atoms with van der Waals surface area (Å²) in [6.07, 6.45) is 3.63. The SMILES string of the molecule is CN=C(NCCc1ccccc1OC)NCC1CC1. The van der Waals surface area contributed by atoms with Gasteiger partial charge in [0.15, 0.2) is 5.96 Å². The van der Waals surface area contributed by atoms with Crippen LogP contribution in [0.2, 0.25) is 0 Å². The van der Waals surface area contributed by atoms with E-state index >= 15 is 0 Å². The van der Waals surface area contributed by atoms with Gasteiger partial charge < -0.3 is 15.4 Å². The van der Waals surface area contributed by atoms with Crippen molar-refractivity contribution in [1.82, 2.24) is 10.6 Å². The number of ether oxygens (including phenoxy) is 1. The highest BCUT2D eigenvalue weighted by molar-refractivity contribution is 5.79. The Kier molecular flexibility index (Phi) is 5.07. The summed E-state index contributed by atoms with van der Waals surface area (Å²) in [7, 11) is 3.52. The standard InChI is InChI=1S/C15H23N3O/c1-16-15(18-11-12-7-8-12)17-10-9-13-5-3-4-6-14(13)19-2/h3-6,12H,7-11H2,1-2H3,(H2,16,17,18). The monoisotopic (exact) mass is 261 g/mol. The minimum atomic E-state index is 0.852. The lowest BCUT2D eigenvalue weighted by molar-refractivity contribution is 0.409. The summed E-state index contributed by atoms with van der Waals surface area (Å²) in [5, 5.41) is 6.69. The van der Waals surface area contributed by atoms with Crippen LogP contribution in [0.4, 0.5) is 0 Å². The second-order valence-electron chi connectivity index (χ2n) is 4.89.